The van der Waals surface area contributed by atoms with Crippen molar-refractivity contribution in [2.75, 3.05) is 19.3 Å². The number of guanidine groups is 1. The summed E-state index contributed by atoms with van der Waals surface area (Å²) >= 11 is 0. The zero-order chi connectivity index (χ0) is 19.9. The molecule has 154 valence electrons. The van der Waals surface area contributed by atoms with Crippen LogP contribution in [0.3, 0.4) is 0 Å². The summed E-state index contributed by atoms with van der Waals surface area (Å²) < 4.78 is 23.4. The first-order chi connectivity index (χ1) is 12.8. The number of nitrogens with zero attached hydrogens (tertiary/aromatic N) is 1. The number of hydrogen-bond donors (Lipinski definition) is 2. The van der Waals surface area contributed by atoms with Gasteiger partial charge in [0.1, 0.15) is 0 Å². The fourth-order valence-electron chi connectivity index (χ4n) is 2.82. The molecule has 0 bridgehead atoms. The Balaban J connectivity index is 0.00000392. The Morgan fingerprint density at radius 1 is 1.00 bits per heavy atom. The van der Waals surface area contributed by atoms with E-state index in [2.05, 4.69) is 46.8 Å². The lowest BCUT2D eigenvalue weighted by Crippen LogP contribution is -2.38. The van der Waals surface area contributed by atoms with E-state index in [4.69, 9.17) is 0 Å². The van der Waals surface area contributed by atoms with Gasteiger partial charge in [0.15, 0.2) is 15.8 Å². The van der Waals surface area contributed by atoms with E-state index in [9.17, 15) is 8.42 Å². The lowest BCUT2D eigenvalue weighted by Gasteiger charge is -2.12. The zero-order valence-electron chi connectivity index (χ0n) is 17.0. The first-order valence-electron chi connectivity index (χ1n) is 9.17. The van der Waals surface area contributed by atoms with E-state index in [1.807, 2.05) is 26.0 Å². The normalized spacial score (nSPS) is 11.6. The second-order valence-corrected chi connectivity index (χ2v) is 8.71. The van der Waals surface area contributed by atoms with Crippen LogP contribution >= 0.6 is 24.0 Å². The summed E-state index contributed by atoms with van der Waals surface area (Å²) in [4.78, 5) is 4.98. The number of sulfone groups is 1. The summed E-state index contributed by atoms with van der Waals surface area (Å²) in [6.45, 7) is 7.99. The van der Waals surface area contributed by atoms with Gasteiger partial charge in [0.2, 0.25) is 0 Å². The number of benzene rings is 2. The molecule has 0 unspecified atom stereocenters. The van der Waals surface area contributed by atoms with Crippen LogP contribution in [0, 0.1) is 13.8 Å². The second kappa shape index (κ2) is 11.4. The third-order valence-electron chi connectivity index (χ3n) is 4.23. The van der Waals surface area contributed by atoms with Crippen LogP contribution in [0.5, 0.6) is 0 Å². The number of rotatable bonds is 7. The van der Waals surface area contributed by atoms with Crippen molar-refractivity contribution < 1.29 is 8.42 Å². The molecular formula is C21H30IN3O2S. The van der Waals surface area contributed by atoms with Crippen LogP contribution in [-0.2, 0) is 22.8 Å². The van der Waals surface area contributed by atoms with Crippen molar-refractivity contribution in [3.63, 3.8) is 0 Å². The maximum absolute atomic E-state index is 11.7. The molecule has 5 nitrogen and oxygen atoms in total. The molecule has 0 aliphatic carbocycles. The van der Waals surface area contributed by atoms with Crippen molar-refractivity contribution in [3.8, 4) is 0 Å². The smallest absolute Gasteiger partial charge is 0.191 e. The number of aryl methyl sites for hydroxylation is 2. The molecule has 0 amide bonds. The van der Waals surface area contributed by atoms with Crippen molar-refractivity contribution >= 4 is 39.8 Å². The van der Waals surface area contributed by atoms with Crippen LogP contribution in [0.1, 0.15) is 29.2 Å². The molecule has 0 saturated carbocycles. The molecule has 2 N–H and O–H groups in total. The largest absolute Gasteiger partial charge is 0.357 e. The van der Waals surface area contributed by atoms with Gasteiger partial charge in [0, 0.05) is 19.3 Å². The summed E-state index contributed by atoms with van der Waals surface area (Å²) in [6, 6.07) is 13.9. The molecule has 7 heteroatoms. The third-order valence-corrected chi connectivity index (χ3v) is 5.49. The average Bonchev–Trinajstić information content (AvgIpc) is 2.60. The minimum absolute atomic E-state index is 0. The number of aliphatic imine (C=N–C) groups is 1. The molecule has 2 aromatic carbocycles. The minimum Gasteiger partial charge on any atom is -0.357 e. The molecule has 0 heterocycles. The lowest BCUT2D eigenvalue weighted by atomic mass is 10.1. The van der Waals surface area contributed by atoms with Gasteiger partial charge >= 0.3 is 0 Å². The first-order valence-corrected chi connectivity index (χ1v) is 11.1. The highest BCUT2D eigenvalue weighted by molar-refractivity contribution is 14.0. The molecule has 28 heavy (non-hydrogen) atoms. The molecule has 0 radical (unpaired) electrons. The van der Waals surface area contributed by atoms with Gasteiger partial charge in [-0.15, -0.1) is 24.0 Å². The topological polar surface area (TPSA) is 70.6 Å². The van der Waals surface area contributed by atoms with Crippen molar-refractivity contribution in [1.29, 1.82) is 0 Å². The first kappa shape index (κ1) is 24.4. The summed E-state index contributed by atoms with van der Waals surface area (Å²) in [5.74, 6) is 0.759. The summed E-state index contributed by atoms with van der Waals surface area (Å²) in [7, 11) is -3.19. The highest BCUT2D eigenvalue weighted by Gasteiger charge is 2.10. The van der Waals surface area contributed by atoms with Gasteiger partial charge in [0.05, 0.1) is 11.4 Å². The SMILES string of the molecule is CCNC(=NCc1ccc(S(C)(=O)=O)c(C)c1)NCCc1ccc(C)cc1.I. The molecule has 2 aromatic rings. The monoisotopic (exact) mass is 515 g/mol. The van der Waals surface area contributed by atoms with E-state index >= 15 is 0 Å². The molecule has 0 aromatic heterocycles. The third kappa shape index (κ3) is 7.79. The maximum atomic E-state index is 11.7. The van der Waals surface area contributed by atoms with Gasteiger partial charge in [-0.1, -0.05) is 42.0 Å². The Hall–Kier alpha value is -1.61. The number of nitrogens with one attached hydrogen (secondary N) is 2. The molecule has 2 rings (SSSR count). The predicted molar refractivity (Wildman–Crippen MR) is 127 cm³/mol. The number of hydrogen-bond acceptors (Lipinski definition) is 3. The molecule has 0 saturated heterocycles. The van der Waals surface area contributed by atoms with E-state index in [1.54, 1.807) is 6.07 Å². The Labute approximate surface area is 186 Å². The second-order valence-electron chi connectivity index (χ2n) is 6.73. The molecule has 0 fully saturated rings. The fraction of sp³-hybridized carbons (Fsp3) is 0.381. The maximum Gasteiger partial charge on any atom is 0.191 e. The molecule has 0 aliphatic heterocycles. The highest BCUT2D eigenvalue weighted by atomic mass is 127. The van der Waals surface area contributed by atoms with Crippen LogP contribution in [0.25, 0.3) is 0 Å². The Morgan fingerprint density at radius 2 is 1.64 bits per heavy atom. The van der Waals surface area contributed by atoms with Gasteiger partial charge in [0.25, 0.3) is 0 Å². The average molecular weight is 515 g/mol. The van der Waals surface area contributed by atoms with E-state index in [1.165, 1.54) is 17.4 Å². The van der Waals surface area contributed by atoms with E-state index < -0.39 is 9.84 Å². The predicted octanol–water partition coefficient (Wildman–Crippen LogP) is 3.62. The van der Waals surface area contributed by atoms with Crippen molar-refractivity contribution in [2.24, 2.45) is 4.99 Å². The molecule has 0 aliphatic rings. The summed E-state index contributed by atoms with van der Waals surface area (Å²) in [5, 5.41) is 6.59. The van der Waals surface area contributed by atoms with E-state index in [-0.39, 0.29) is 24.0 Å². The van der Waals surface area contributed by atoms with E-state index in [0.29, 0.717) is 11.4 Å². The van der Waals surface area contributed by atoms with Crippen LogP contribution in [-0.4, -0.2) is 33.7 Å². The quantitative estimate of drug-likeness (QED) is 0.336. The fourth-order valence-corrected chi connectivity index (χ4v) is 3.78. The van der Waals surface area contributed by atoms with Gasteiger partial charge in [-0.2, -0.15) is 0 Å². The summed E-state index contributed by atoms with van der Waals surface area (Å²) in [5.41, 5.74) is 4.29. The van der Waals surface area contributed by atoms with Crippen molar-refractivity contribution in [3.05, 3.63) is 64.7 Å². The van der Waals surface area contributed by atoms with Crippen molar-refractivity contribution in [2.45, 2.75) is 38.6 Å². The molecule has 0 spiro atoms. The van der Waals surface area contributed by atoms with Crippen LogP contribution in [0.2, 0.25) is 0 Å². The summed E-state index contributed by atoms with van der Waals surface area (Å²) in [6.07, 6.45) is 2.15. The standard InChI is InChI=1S/C21H29N3O2S.HI/c1-5-22-21(23-13-12-18-8-6-16(2)7-9-18)24-15-19-10-11-20(17(3)14-19)27(4,25)26;/h6-11,14H,5,12-13,15H2,1-4H3,(H2,22,23,24);1H. The minimum atomic E-state index is -3.19. The van der Waals surface area contributed by atoms with Gasteiger partial charge in [-0.25, -0.2) is 13.4 Å². The lowest BCUT2D eigenvalue weighted by molar-refractivity contribution is 0.601. The van der Waals surface area contributed by atoms with Crippen molar-refractivity contribution in [1.82, 2.24) is 10.6 Å². The van der Waals surface area contributed by atoms with Gasteiger partial charge in [-0.3, -0.25) is 0 Å². The van der Waals surface area contributed by atoms with Gasteiger partial charge < -0.3 is 10.6 Å². The Morgan fingerprint density at radius 3 is 2.21 bits per heavy atom. The van der Waals surface area contributed by atoms with Crippen LogP contribution < -0.4 is 10.6 Å². The molecular weight excluding hydrogens is 485 g/mol. The van der Waals surface area contributed by atoms with Gasteiger partial charge in [-0.05, 0) is 49.9 Å². The molecule has 0 atom stereocenters. The Kier molecular flexibility index (Phi) is 9.95. The Bertz CT molecular complexity index is 894. The van der Waals surface area contributed by atoms with Crippen LogP contribution in [0.4, 0.5) is 0 Å². The van der Waals surface area contributed by atoms with Crippen LogP contribution in [0.15, 0.2) is 52.4 Å². The highest BCUT2D eigenvalue weighted by Crippen LogP contribution is 2.17. The number of halogens is 1. The zero-order valence-corrected chi connectivity index (χ0v) is 20.1. The van der Waals surface area contributed by atoms with E-state index in [0.717, 1.165) is 36.6 Å².